The van der Waals surface area contributed by atoms with E-state index in [4.69, 9.17) is 9.47 Å². The number of hydrogen-bond donors (Lipinski definition) is 0. The molecule has 1 aromatic rings. The lowest BCUT2D eigenvalue weighted by Gasteiger charge is -2.35. The van der Waals surface area contributed by atoms with Crippen molar-refractivity contribution in [3.63, 3.8) is 0 Å². The third kappa shape index (κ3) is 3.77. The smallest absolute Gasteiger partial charge is 0.338 e. The second kappa shape index (κ2) is 7.69. The fraction of sp³-hybridized carbons (Fsp3) is 0.375. The Morgan fingerprint density at radius 2 is 1.62 bits per heavy atom. The van der Waals surface area contributed by atoms with Gasteiger partial charge in [-0.2, -0.15) is 0 Å². The SMILES string of the molecule is COCN1C(=O)C(Cc2ccccc2)C(=O)N(COC(C)=O)C1=O. The van der Waals surface area contributed by atoms with Gasteiger partial charge >= 0.3 is 12.0 Å². The van der Waals surface area contributed by atoms with Crippen molar-refractivity contribution >= 4 is 23.8 Å². The van der Waals surface area contributed by atoms with Crippen LogP contribution < -0.4 is 0 Å². The standard InChI is InChI=1S/C16H18N2O6/c1-11(19)24-10-18-15(21)13(8-12-6-4-3-5-7-12)14(20)17(9-23-2)16(18)22/h3-7,13H,8-10H2,1-2H3. The molecule has 0 spiro atoms. The van der Waals surface area contributed by atoms with Crippen LogP contribution in [0, 0.1) is 5.92 Å². The highest BCUT2D eigenvalue weighted by molar-refractivity contribution is 6.16. The monoisotopic (exact) mass is 334 g/mol. The van der Waals surface area contributed by atoms with E-state index in [-0.39, 0.29) is 13.2 Å². The highest BCUT2D eigenvalue weighted by Gasteiger charge is 2.46. The van der Waals surface area contributed by atoms with E-state index in [0.29, 0.717) is 0 Å². The van der Waals surface area contributed by atoms with Crippen LogP contribution >= 0.6 is 0 Å². The van der Waals surface area contributed by atoms with E-state index in [1.807, 2.05) is 6.07 Å². The molecule has 0 aromatic heterocycles. The molecule has 8 nitrogen and oxygen atoms in total. The molecule has 128 valence electrons. The maximum atomic E-state index is 12.5. The number of carbonyl (C=O) groups excluding carboxylic acids is 4. The summed E-state index contributed by atoms with van der Waals surface area (Å²) in [6.45, 7) is 0.344. The molecule has 1 aromatic carbocycles. The molecule has 1 fully saturated rings. The van der Waals surface area contributed by atoms with Crippen molar-refractivity contribution in [3.8, 4) is 0 Å². The van der Waals surface area contributed by atoms with E-state index in [2.05, 4.69) is 0 Å². The minimum atomic E-state index is -1.07. The Hall–Kier alpha value is -2.74. The van der Waals surface area contributed by atoms with Crippen LogP contribution in [0.4, 0.5) is 4.79 Å². The van der Waals surface area contributed by atoms with Crippen LogP contribution in [0.1, 0.15) is 12.5 Å². The van der Waals surface area contributed by atoms with E-state index in [1.165, 1.54) is 14.0 Å². The predicted molar refractivity (Wildman–Crippen MR) is 81.2 cm³/mol. The summed E-state index contributed by atoms with van der Waals surface area (Å²) in [5.41, 5.74) is 0.781. The van der Waals surface area contributed by atoms with Crippen LogP contribution in [0.5, 0.6) is 0 Å². The minimum Gasteiger partial charge on any atom is -0.444 e. The Morgan fingerprint density at radius 1 is 1.04 bits per heavy atom. The first kappa shape index (κ1) is 17.6. The van der Waals surface area contributed by atoms with Gasteiger partial charge in [0.15, 0.2) is 6.73 Å². The Bertz CT molecular complexity index is 645. The normalized spacial score (nSPS) is 18.1. The van der Waals surface area contributed by atoms with Gasteiger partial charge in [-0.1, -0.05) is 30.3 Å². The van der Waals surface area contributed by atoms with Crippen molar-refractivity contribution in [1.29, 1.82) is 0 Å². The second-order valence-electron chi connectivity index (χ2n) is 5.24. The molecule has 1 atom stereocenters. The minimum absolute atomic E-state index is 0.141. The van der Waals surface area contributed by atoms with Gasteiger partial charge in [-0.15, -0.1) is 0 Å². The van der Waals surface area contributed by atoms with Crippen LogP contribution in [0.15, 0.2) is 30.3 Å². The zero-order valence-electron chi connectivity index (χ0n) is 13.4. The summed E-state index contributed by atoms with van der Waals surface area (Å²) in [5, 5.41) is 0. The summed E-state index contributed by atoms with van der Waals surface area (Å²) in [6, 6.07) is 8.12. The number of rotatable bonds is 6. The molecule has 0 N–H and O–H groups in total. The Balaban J connectivity index is 2.26. The number of ether oxygens (including phenoxy) is 2. The second-order valence-corrected chi connectivity index (χ2v) is 5.24. The van der Waals surface area contributed by atoms with Crippen molar-refractivity contribution in [3.05, 3.63) is 35.9 Å². The molecule has 1 aliphatic heterocycles. The van der Waals surface area contributed by atoms with Crippen molar-refractivity contribution in [1.82, 2.24) is 9.80 Å². The quantitative estimate of drug-likeness (QED) is 0.563. The van der Waals surface area contributed by atoms with Crippen LogP contribution in [0.25, 0.3) is 0 Å². The highest BCUT2D eigenvalue weighted by atomic mass is 16.5. The van der Waals surface area contributed by atoms with Gasteiger partial charge in [-0.3, -0.25) is 14.4 Å². The molecule has 8 heteroatoms. The summed E-state index contributed by atoms with van der Waals surface area (Å²) in [6.07, 6.45) is 0.141. The number of amides is 4. The number of urea groups is 1. The Kier molecular flexibility index (Phi) is 5.64. The average Bonchev–Trinajstić information content (AvgIpc) is 2.56. The number of methoxy groups -OCH3 is 1. The lowest BCUT2D eigenvalue weighted by Crippen LogP contribution is -2.61. The first-order valence-electron chi connectivity index (χ1n) is 7.28. The lowest BCUT2D eigenvalue weighted by molar-refractivity contribution is -0.158. The largest absolute Gasteiger partial charge is 0.444 e. The van der Waals surface area contributed by atoms with E-state index >= 15 is 0 Å². The molecule has 0 aliphatic carbocycles. The molecule has 1 unspecified atom stereocenters. The number of benzene rings is 1. The molecule has 1 aliphatic rings. The van der Waals surface area contributed by atoms with Gasteiger partial charge < -0.3 is 9.47 Å². The van der Waals surface area contributed by atoms with Crippen LogP contribution in [0.3, 0.4) is 0 Å². The van der Waals surface area contributed by atoms with Crippen LogP contribution in [-0.2, 0) is 30.3 Å². The zero-order valence-corrected chi connectivity index (χ0v) is 13.4. The van der Waals surface area contributed by atoms with E-state index < -0.39 is 36.5 Å². The van der Waals surface area contributed by atoms with Gasteiger partial charge in [0.2, 0.25) is 11.8 Å². The number of imide groups is 2. The molecule has 0 radical (unpaired) electrons. The third-order valence-electron chi connectivity index (χ3n) is 3.53. The molecule has 1 heterocycles. The fourth-order valence-corrected chi connectivity index (χ4v) is 2.36. The summed E-state index contributed by atoms with van der Waals surface area (Å²) in [4.78, 5) is 49.9. The number of esters is 1. The number of nitrogens with zero attached hydrogens (tertiary/aromatic N) is 2. The molecule has 2 rings (SSSR count). The van der Waals surface area contributed by atoms with Gasteiger partial charge in [-0.05, 0) is 12.0 Å². The topological polar surface area (TPSA) is 93.2 Å². The Morgan fingerprint density at radius 3 is 2.17 bits per heavy atom. The van der Waals surface area contributed by atoms with Crippen molar-refractivity contribution in [2.75, 3.05) is 20.6 Å². The molecule has 4 amide bonds. The van der Waals surface area contributed by atoms with Crippen molar-refractivity contribution < 1.29 is 28.7 Å². The summed E-state index contributed by atoms with van der Waals surface area (Å²) < 4.78 is 9.62. The predicted octanol–water partition coefficient (Wildman–Crippen LogP) is 0.761. The van der Waals surface area contributed by atoms with Gasteiger partial charge in [-0.25, -0.2) is 14.6 Å². The van der Waals surface area contributed by atoms with Crippen LogP contribution in [0.2, 0.25) is 0 Å². The molecule has 1 saturated heterocycles. The molecular formula is C16H18N2O6. The van der Waals surface area contributed by atoms with Gasteiger partial charge in [0.25, 0.3) is 0 Å². The maximum absolute atomic E-state index is 12.5. The molecular weight excluding hydrogens is 316 g/mol. The third-order valence-corrected chi connectivity index (χ3v) is 3.53. The van der Waals surface area contributed by atoms with Crippen molar-refractivity contribution in [2.45, 2.75) is 13.3 Å². The summed E-state index contributed by atoms with van der Waals surface area (Å²) >= 11 is 0. The molecule has 0 saturated carbocycles. The molecule has 0 bridgehead atoms. The summed E-state index contributed by atoms with van der Waals surface area (Å²) in [7, 11) is 1.33. The van der Waals surface area contributed by atoms with Crippen LogP contribution in [-0.4, -0.2) is 54.2 Å². The van der Waals surface area contributed by atoms with E-state index in [0.717, 1.165) is 15.4 Å². The Labute approximate surface area is 138 Å². The summed E-state index contributed by atoms with van der Waals surface area (Å²) in [5.74, 6) is -3.03. The van der Waals surface area contributed by atoms with Gasteiger partial charge in [0.05, 0.1) is 0 Å². The first-order chi connectivity index (χ1) is 11.5. The number of hydrogen-bond acceptors (Lipinski definition) is 6. The van der Waals surface area contributed by atoms with Crippen molar-refractivity contribution in [2.24, 2.45) is 5.92 Å². The fourth-order valence-electron chi connectivity index (χ4n) is 2.36. The van der Waals surface area contributed by atoms with E-state index in [9.17, 15) is 19.2 Å². The van der Waals surface area contributed by atoms with E-state index in [1.54, 1.807) is 24.3 Å². The number of barbiturate groups is 1. The van der Waals surface area contributed by atoms with Gasteiger partial charge in [0, 0.05) is 14.0 Å². The first-order valence-corrected chi connectivity index (χ1v) is 7.28. The highest BCUT2D eigenvalue weighted by Crippen LogP contribution is 2.22. The average molecular weight is 334 g/mol. The molecule has 24 heavy (non-hydrogen) atoms. The maximum Gasteiger partial charge on any atom is 0.338 e. The van der Waals surface area contributed by atoms with Gasteiger partial charge in [0.1, 0.15) is 12.6 Å². The number of carbonyl (C=O) groups is 4. The lowest BCUT2D eigenvalue weighted by atomic mass is 9.95. The zero-order chi connectivity index (χ0) is 17.7.